The minimum Gasteiger partial charge on any atom is -0.371 e. The van der Waals surface area contributed by atoms with E-state index in [1.54, 1.807) is 12.2 Å². The van der Waals surface area contributed by atoms with Gasteiger partial charge in [-0.05, 0) is 81.1 Å². The van der Waals surface area contributed by atoms with Gasteiger partial charge in [0.25, 0.3) is 0 Å². The van der Waals surface area contributed by atoms with E-state index in [9.17, 15) is 0 Å². The average molecular weight is 743 g/mol. The van der Waals surface area contributed by atoms with Crippen molar-refractivity contribution in [3.05, 3.63) is 25.3 Å². The van der Waals surface area contributed by atoms with Crippen LogP contribution in [0.3, 0.4) is 0 Å². The molecule has 0 unspecified atom stereocenters. The highest BCUT2D eigenvalue weighted by Crippen LogP contribution is 2.44. The van der Waals surface area contributed by atoms with E-state index in [0.29, 0.717) is 65.3 Å². The Hall–Kier alpha value is -1.08. The quantitative estimate of drug-likeness (QED) is 0.153. The number of hydrogen-bond donors (Lipinski definition) is 0. The molecule has 0 spiro atoms. The third-order valence-electron chi connectivity index (χ3n) is 9.99. The number of ether oxygens (including phenoxy) is 14. The first-order valence-corrected chi connectivity index (χ1v) is 18.9. The van der Waals surface area contributed by atoms with Crippen LogP contribution >= 0.6 is 0 Å². The van der Waals surface area contributed by atoms with E-state index in [0.717, 1.165) is 0 Å². The smallest absolute Gasteiger partial charge is 0.187 e. The molecule has 0 aliphatic carbocycles. The second-order valence-corrected chi connectivity index (χ2v) is 16.1. The molecule has 0 radical (unpaired) electrons. The normalized spacial score (nSPS) is 39.4. The first-order valence-electron chi connectivity index (χ1n) is 18.9. The third kappa shape index (κ3) is 9.83. The molecule has 0 saturated carbocycles. The molecule has 0 amide bonds. The van der Waals surface area contributed by atoms with Crippen LogP contribution in [-0.2, 0) is 66.3 Å². The van der Waals surface area contributed by atoms with Crippen LogP contribution in [0, 0.1) is 0 Å². The molecule has 0 aromatic heterocycles. The lowest BCUT2D eigenvalue weighted by Gasteiger charge is -2.48. The van der Waals surface area contributed by atoms with Crippen LogP contribution < -0.4 is 0 Å². The van der Waals surface area contributed by atoms with Crippen molar-refractivity contribution in [3.63, 3.8) is 0 Å². The SMILES string of the molecule is C=CCO[C@@H](CCCO[C@H]1O[C@@H]2COC(C)(C)O[C@H]2[C@@H]2OC(C)(C)O[C@H]12)[C@H](CCCO[C@H]1O[C@@H]2COC(C)(C)O[C@H]2[C@@H]2OC(C)(C)O[C@H]12)OCC=C. The van der Waals surface area contributed by atoms with Gasteiger partial charge in [0.2, 0.25) is 0 Å². The minimum atomic E-state index is -0.790. The Morgan fingerprint density at radius 3 is 1.29 bits per heavy atom. The first-order chi connectivity index (χ1) is 24.6. The molecule has 6 aliphatic heterocycles. The summed E-state index contributed by atoms with van der Waals surface area (Å²) in [5, 5.41) is 0. The van der Waals surface area contributed by atoms with Gasteiger partial charge >= 0.3 is 0 Å². The highest BCUT2D eigenvalue weighted by molar-refractivity contribution is 5.00. The summed E-state index contributed by atoms with van der Waals surface area (Å²) < 4.78 is 87.2. The summed E-state index contributed by atoms with van der Waals surface area (Å²) in [6.07, 6.45) is 1.67. The molecule has 6 aliphatic rings. The molecule has 0 aromatic carbocycles. The Kier molecular flexibility index (Phi) is 12.9. The molecule has 14 nitrogen and oxygen atoms in total. The van der Waals surface area contributed by atoms with E-state index < -0.39 is 47.9 Å². The standard InChI is InChI=1S/C38H62O14/c1-11-17-39-23(15-13-19-41-33-31-29(49-37(7,8)51-31)27-25(45-33)21-43-35(3,4)47-27)24(40-18-12-2)16-14-20-42-34-32-30(50-38(9,10)52-32)28-26(46-34)22-44-36(5,6)48-28/h11-12,23-34H,1-2,13-22H2,3-10H3/t23-,24-,25+,26+,27+,28+,29-,30-,31-,32-,33-,34-/m0/s1. The van der Waals surface area contributed by atoms with E-state index in [2.05, 4.69) is 13.2 Å². The van der Waals surface area contributed by atoms with Crippen LogP contribution in [0.25, 0.3) is 0 Å². The topological polar surface area (TPSA) is 129 Å². The highest BCUT2D eigenvalue weighted by Gasteiger charge is 2.60. The van der Waals surface area contributed by atoms with E-state index in [1.165, 1.54) is 0 Å². The largest absolute Gasteiger partial charge is 0.371 e. The Morgan fingerprint density at radius 1 is 0.538 bits per heavy atom. The maximum atomic E-state index is 6.34. The van der Waals surface area contributed by atoms with Gasteiger partial charge < -0.3 is 66.3 Å². The Labute approximate surface area is 308 Å². The van der Waals surface area contributed by atoms with Crippen molar-refractivity contribution < 1.29 is 66.3 Å². The Morgan fingerprint density at radius 2 is 0.904 bits per heavy atom. The summed E-state index contributed by atoms with van der Waals surface area (Å²) in [5.74, 6) is -3.05. The number of fused-ring (bicyclic) bond motifs is 6. The molecule has 6 saturated heterocycles. The molecule has 6 fully saturated rings. The lowest BCUT2D eigenvalue weighted by Crippen LogP contribution is -2.63. The van der Waals surface area contributed by atoms with Crippen LogP contribution in [0.15, 0.2) is 25.3 Å². The predicted octanol–water partition coefficient (Wildman–Crippen LogP) is 4.52. The van der Waals surface area contributed by atoms with Gasteiger partial charge in [-0.1, -0.05) is 12.2 Å². The lowest BCUT2D eigenvalue weighted by atomic mass is 9.97. The predicted molar refractivity (Wildman–Crippen MR) is 185 cm³/mol. The molecule has 0 aromatic rings. The van der Waals surface area contributed by atoms with Crippen molar-refractivity contribution in [2.75, 3.05) is 39.6 Å². The molecule has 14 heteroatoms. The Bertz CT molecular complexity index is 1100. The Balaban J connectivity index is 1.01. The monoisotopic (exact) mass is 742 g/mol. The van der Waals surface area contributed by atoms with Gasteiger partial charge in [-0.3, -0.25) is 0 Å². The first kappa shape index (κ1) is 40.6. The summed E-state index contributed by atoms with van der Waals surface area (Å²) in [6, 6.07) is 0. The van der Waals surface area contributed by atoms with E-state index >= 15 is 0 Å². The van der Waals surface area contributed by atoms with Crippen LogP contribution in [0.4, 0.5) is 0 Å². The van der Waals surface area contributed by atoms with Gasteiger partial charge in [0.05, 0.1) is 38.6 Å². The molecule has 6 rings (SSSR count). The van der Waals surface area contributed by atoms with E-state index in [-0.39, 0.29) is 48.8 Å². The zero-order valence-electron chi connectivity index (χ0n) is 32.3. The van der Waals surface area contributed by atoms with Gasteiger partial charge in [-0.2, -0.15) is 0 Å². The van der Waals surface area contributed by atoms with Crippen LogP contribution in [0.5, 0.6) is 0 Å². The second-order valence-electron chi connectivity index (χ2n) is 16.1. The van der Waals surface area contributed by atoms with E-state index in [4.69, 9.17) is 66.3 Å². The van der Waals surface area contributed by atoms with Gasteiger partial charge in [0, 0.05) is 13.2 Å². The van der Waals surface area contributed by atoms with Crippen molar-refractivity contribution in [1.82, 2.24) is 0 Å². The van der Waals surface area contributed by atoms with Crippen molar-refractivity contribution in [1.29, 1.82) is 0 Å². The number of rotatable bonds is 17. The molecule has 0 bridgehead atoms. The van der Waals surface area contributed by atoms with Crippen molar-refractivity contribution in [3.8, 4) is 0 Å². The minimum absolute atomic E-state index is 0.221. The second kappa shape index (κ2) is 16.6. The van der Waals surface area contributed by atoms with Crippen LogP contribution in [0.2, 0.25) is 0 Å². The zero-order valence-corrected chi connectivity index (χ0v) is 32.3. The van der Waals surface area contributed by atoms with Gasteiger partial charge in [-0.25, -0.2) is 0 Å². The highest BCUT2D eigenvalue weighted by atomic mass is 16.8. The molecule has 298 valence electrons. The molecule has 52 heavy (non-hydrogen) atoms. The fourth-order valence-corrected chi connectivity index (χ4v) is 7.86. The van der Waals surface area contributed by atoms with Crippen molar-refractivity contribution >= 4 is 0 Å². The molecule has 12 atom stereocenters. The summed E-state index contributed by atoms with van der Waals surface area (Å²) in [7, 11) is 0. The summed E-state index contributed by atoms with van der Waals surface area (Å²) in [6.45, 7) is 25.2. The number of hydrogen-bond acceptors (Lipinski definition) is 14. The van der Waals surface area contributed by atoms with E-state index in [1.807, 2.05) is 55.4 Å². The zero-order chi connectivity index (χ0) is 37.3. The third-order valence-corrected chi connectivity index (χ3v) is 9.99. The molecular weight excluding hydrogens is 680 g/mol. The van der Waals surface area contributed by atoms with Crippen molar-refractivity contribution in [2.45, 2.75) is 178 Å². The van der Waals surface area contributed by atoms with Gasteiger partial charge in [-0.15, -0.1) is 13.2 Å². The summed E-state index contributed by atoms with van der Waals surface area (Å²) in [5.41, 5.74) is 0. The van der Waals surface area contributed by atoms with Crippen LogP contribution in [-0.4, -0.2) is 136 Å². The maximum Gasteiger partial charge on any atom is 0.187 e. The van der Waals surface area contributed by atoms with Crippen LogP contribution in [0.1, 0.15) is 81.1 Å². The molecule has 6 heterocycles. The summed E-state index contributed by atoms with van der Waals surface area (Å²) >= 11 is 0. The van der Waals surface area contributed by atoms with Gasteiger partial charge in [0.15, 0.2) is 35.7 Å². The molecule has 0 N–H and O–H groups in total. The summed E-state index contributed by atoms with van der Waals surface area (Å²) in [4.78, 5) is 0. The maximum absolute atomic E-state index is 6.34. The van der Waals surface area contributed by atoms with Gasteiger partial charge in [0.1, 0.15) is 48.8 Å². The fraction of sp³-hybridized carbons (Fsp3) is 0.895. The lowest BCUT2D eigenvalue weighted by molar-refractivity contribution is -0.370. The molecular formula is C38H62O14. The average Bonchev–Trinajstić information content (AvgIpc) is 3.59. The fourth-order valence-electron chi connectivity index (χ4n) is 7.86. The van der Waals surface area contributed by atoms with Crippen molar-refractivity contribution in [2.24, 2.45) is 0 Å².